The fraction of sp³-hybridized carbons (Fsp3) is 0.375. The third-order valence-corrected chi connectivity index (χ3v) is 1.81. The van der Waals surface area contributed by atoms with Gasteiger partial charge in [-0.3, -0.25) is 10.2 Å². The summed E-state index contributed by atoms with van der Waals surface area (Å²) in [4.78, 5) is 4.33. The fourth-order valence-corrected chi connectivity index (χ4v) is 1.03. The molecule has 2 rings (SSSR count). The maximum Gasteiger partial charge on any atom is 0.184 e. The van der Waals surface area contributed by atoms with E-state index in [-0.39, 0.29) is 0 Å². The zero-order chi connectivity index (χ0) is 9.26. The third kappa shape index (κ3) is 1.44. The Bertz CT molecular complexity index is 373. The molecule has 13 heavy (non-hydrogen) atoms. The number of H-pyrrole nitrogens is 2. The van der Waals surface area contributed by atoms with Crippen LogP contribution < -0.4 is 0 Å². The number of nitrogens with one attached hydrogen (secondary N) is 2. The van der Waals surface area contributed by atoms with Crippen LogP contribution in [0.15, 0.2) is 12.4 Å². The van der Waals surface area contributed by atoms with Gasteiger partial charge in [0.1, 0.15) is 5.82 Å². The van der Waals surface area contributed by atoms with E-state index in [1.54, 1.807) is 12.4 Å². The zero-order valence-corrected chi connectivity index (χ0v) is 7.57. The molecule has 0 bridgehead atoms. The van der Waals surface area contributed by atoms with Crippen LogP contribution in [0.1, 0.15) is 25.6 Å². The van der Waals surface area contributed by atoms with Crippen molar-refractivity contribution in [3.63, 3.8) is 0 Å². The van der Waals surface area contributed by atoms with Crippen molar-refractivity contribution in [2.24, 2.45) is 0 Å². The summed E-state index contributed by atoms with van der Waals surface area (Å²) in [5.74, 6) is 1.96. The average Bonchev–Trinajstić information content (AvgIpc) is 2.75. The summed E-state index contributed by atoms with van der Waals surface area (Å²) >= 11 is 0. The van der Waals surface area contributed by atoms with Gasteiger partial charge in [0.25, 0.3) is 0 Å². The number of aromatic amines is 2. The second kappa shape index (κ2) is 3.01. The lowest BCUT2D eigenvalue weighted by Gasteiger charge is -1.94. The first kappa shape index (κ1) is 7.97. The predicted octanol–water partition coefficient (Wildman–Crippen LogP) is 1.32. The Kier molecular flexibility index (Phi) is 1.84. The van der Waals surface area contributed by atoms with Crippen molar-refractivity contribution in [2.75, 3.05) is 0 Å². The van der Waals surface area contributed by atoms with Crippen LogP contribution in [0.4, 0.5) is 0 Å². The van der Waals surface area contributed by atoms with E-state index in [9.17, 15) is 0 Å². The predicted molar refractivity (Wildman–Crippen MR) is 48.1 cm³/mol. The largest absolute Gasteiger partial charge is 0.285 e. The maximum atomic E-state index is 4.33. The minimum absolute atomic E-state index is 0.369. The molecular weight excluding hydrogens is 166 g/mol. The highest BCUT2D eigenvalue weighted by Gasteiger charge is 2.08. The van der Waals surface area contributed by atoms with E-state index >= 15 is 0 Å². The van der Waals surface area contributed by atoms with Crippen molar-refractivity contribution in [3.05, 3.63) is 18.2 Å². The molecule has 0 radical (unpaired) electrons. The van der Waals surface area contributed by atoms with Gasteiger partial charge in [0.15, 0.2) is 5.82 Å². The molecule has 0 spiro atoms. The topological polar surface area (TPSA) is 70.2 Å². The molecule has 0 aliphatic heterocycles. The van der Waals surface area contributed by atoms with E-state index < -0.39 is 0 Å². The van der Waals surface area contributed by atoms with Gasteiger partial charge >= 0.3 is 0 Å². The first-order valence-electron chi connectivity index (χ1n) is 4.19. The van der Waals surface area contributed by atoms with Gasteiger partial charge in [0.05, 0.1) is 11.8 Å². The smallest absolute Gasteiger partial charge is 0.184 e. The molecule has 0 aromatic carbocycles. The van der Waals surface area contributed by atoms with Crippen LogP contribution in [0.5, 0.6) is 0 Å². The Balaban J connectivity index is 2.33. The van der Waals surface area contributed by atoms with Gasteiger partial charge in [-0.2, -0.15) is 10.2 Å². The molecule has 0 atom stereocenters. The molecule has 0 aliphatic rings. The Morgan fingerprint density at radius 1 is 1.38 bits per heavy atom. The van der Waals surface area contributed by atoms with Crippen LogP contribution in [0.25, 0.3) is 11.4 Å². The van der Waals surface area contributed by atoms with E-state index in [0.717, 1.165) is 11.4 Å². The molecular formula is C8H11N5. The van der Waals surface area contributed by atoms with Crippen LogP contribution in [0.3, 0.4) is 0 Å². The SMILES string of the molecule is CC(C)c1nc(-c2cn[nH]c2)n[nH]1. The highest BCUT2D eigenvalue weighted by Crippen LogP contribution is 2.15. The van der Waals surface area contributed by atoms with E-state index in [1.165, 1.54) is 0 Å². The molecule has 0 amide bonds. The third-order valence-electron chi connectivity index (χ3n) is 1.81. The van der Waals surface area contributed by atoms with Crippen molar-refractivity contribution in [1.29, 1.82) is 0 Å². The van der Waals surface area contributed by atoms with Crippen LogP contribution in [-0.4, -0.2) is 25.4 Å². The second-order valence-corrected chi connectivity index (χ2v) is 3.19. The molecule has 5 nitrogen and oxygen atoms in total. The summed E-state index contributed by atoms with van der Waals surface area (Å²) in [7, 11) is 0. The summed E-state index contributed by atoms with van der Waals surface area (Å²) in [6.45, 7) is 4.14. The Morgan fingerprint density at radius 2 is 2.23 bits per heavy atom. The van der Waals surface area contributed by atoms with Gasteiger partial charge in [-0.05, 0) is 0 Å². The van der Waals surface area contributed by atoms with Crippen molar-refractivity contribution in [3.8, 4) is 11.4 Å². The van der Waals surface area contributed by atoms with Crippen molar-refractivity contribution < 1.29 is 0 Å². The monoisotopic (exact) mass is 177 g/mol. The lowest BCUT2D eigenvalue weighted by atomic mass is 10.2. The standard InChI is InChI=1S/C8H11N5/c1-5(2)7-11-8(13-12-7)6-3-9-10-4-6/h3-5H,1-2H3,(H,9,10)(H,11,12,13). The molecule has 0 fully saturated rings. The van der Waals surface area contributed by atoms with Crippen LogP contribution in [0.2, 0.25) is 0 Å². The van der Waals surface area contributed by atoms with Gasteiger partial charge < -0.3 is 0 Å². The Morgan fingerprint density at radius 3 is 2.77 bits per heavy atom. The Labute approximate surface area is 75.6 Å². The number of aromatic nitrogens is 5. The first-order valence-corrected chi connectivity index (χ1v) is 4.19. The molecule has 0 aliphatic carbocycles. The van der Waals surface area contributed by atoms with Gasteiger partial charge in [0.2, 0.25) is 0 Å². The molecule has 68 valence electrons. The molecule has 2 aromatic heterocycles. The summed E-state index contributed by atoms with van der Waals surface area (Å²) in [5.41, 5.74) is 0.906. The molecule has 0 saturated carbocycles. The van der Waals surface area contributed by atoms with E-state index in [2.05, 4.69) is 39.2 Å². The first-order chi connectivity index (χ1) is 6.27. The van der Waals surface area contributed by atoms with Crippen LogP contribution >= 0.6 is 0 Å². The molecule has 0 unspecified atom stereocenters. The minimum atomic E-state index is 0.369. The number of nitrogens with zero attached hydrogens (tertiary/aromatic N) is 3. The normalized spacial score (nSPS) is 11.0. The quantitative estimate of drug-likeness (QED) is 0.726. The summed E-state index contributed by atoms with van der Waals surface area (Å²) in [6.07, 6.45) is 3.47. The zero-order valence-electron chi connectivity index (χ0n) is 7.57. The van der Waals surface area contributed by atoms with Gasteiger partial charge in [-0.1, -0.05) is 13.8 Å². The summed E-state index contributed by atoms with van der Waals surface area (Å²) < 4.78 is 0. The van der Waals surface area contributed by atoms with E-state index in [0.29, 0.717) is 11.7 Å². The lowest BCUT2D eigenvalue weighted by molar-refractivity contribution is 0.781. The summed E-state index contributed by atoms with van der Waals surface area (Å²) in [6, 6.07) is 0. The highest BCUT2D eigenvalue weighted by atomic mass is 15.2. The van der Waals surface area contributed by atoms with E-state index in [1.807, 2.05) is 0 Å². The molecule has 2 N–H and O–H groups in total. The van der Waals surface area contributed by atoms with Gasteiger partial charge in [0, 0.05) is 12.1 Å². The lowest BCUT2D eigenvalue weighted by Crippen LogP contribution is -1.89. The van der Waals surface area contributed by atoms with Crippen molar-refractivity contribution in [1.82, 2.24) is 25.4 Å². The number of hydrogen-bond acceptors (Lipinski definition) is 3. The molecule has 2 aromatic rings. The molecule has 5 heteroatoms. The summed E-state index contributed by atoms with van der Waals surface area (Å²) in [5, 5.41) is 13.5. The number of rotatable bonds is 2. The number of hydrogen-bond donors (Lipinski definition) is 2. The molecule has 2 heterocycles. The van der Waals surface area contributed by atoms with Gasteiger partial charge in [-0.15, -0.1) is 0 Å². The highest BCUT2D eigenvalue weighted by molar-refractivity contribution is 5.51. The fourth-order valence-electron chi connectivity index (χ4n) is 1.03. The van der Waals surface area contributed by atoms with Crippen LogP contribution in [0, 0.1) is 0 Å². The van der Waals surface area contributed by atoms with Crippen molar-refractivity contribution in [2.45, 2.75) is 19.8 Å². The average molecular weight is 177 g/mol. The van der Waals surface area contributed by atoms with Crippen molar-refractivity contribution >= 4 is 0 Å². The minimum Gasteiger partial charge on any atom is -0.285 e. The Hall–Kier alpha value is -1.65. The second-order valence-electron chi connectivity index (χ2n) is 3.19. The van der Waals surface area contributed by atoms with E-state index in [4.69, 9.17) is 0 Å². The van der Waals surface area contributed by atoms with Gasteiger partial charge in [-0.25, -0.2) is 4.98 Å². The van der Waals surface area contributed by atoms with Crippen LogP contribution in [-0.2, 0) is 0 Å². The molecule has 0 saturated heterocycles. The maximum absolute atomic E-state index is 4.33.